The lowest BCUT2D eigenvalue weighted by Gasteiger charge is -2.23. The molecule has 3 rings (SSSR count). The van der Waals surface area contributed by atoms with E-state index in [2.05, 4.69) is 15.6 Å². The van der Waals surface area contributed by atoms with Crippen LogP contribution in [0.4, 0.5) is 4.39 Å². The second-order valence-electron chi connectivity index (χ2n) is 5.73. The molecule has 5 nitrogen and oxygen atoms in total. The zero-order valence-corrected chi connectivity index (χ0v) is 13.6. The van der Waals surface area contributed by atoms with E-state index >= 15 is 0 Å². The van der Waals surface area contributed by atoms with Gasteiger partial charge in [0, 0.05) is 17.8 Å². The van der Waals surface area contributed by atoms with Gasteiger partial charge in [0.1, 0.15) is 11.5 Å². The summed E-state index contributed by atoms with van der Waals surface area (Å²) in [5.41, 5.74) is 0.269. The van der Waals surface area contributed by atoms with Gasteiger partial charge in [-0.05, 0) is 44.1 Å². The number of ketones is 1. The summed E-state index contributed by atoms with van der Waals surface area (Å²) >= 11 is 5.92. The summed E-state index contributed by atoms with van der Waals surface area (Å²) in [6, 6.07) is 5.60. The number of piperidine rings is 1. The quantitative estimate of drug-likeness (QED) is 0.742. The highest BCUT2D eigenvalue weighted by Gasteiger charge is 2.21. The maximum atomic E-state index is 13.9. The van der Waals surface area contributed by atoms with Gasteiger partial charge in [0.25, 0.3) is 5.91 Å². The molecular weight excluding hydrogens is 333 g/mol. The molecule has 1 aliphatic rings. The fourth-order valence-electron chi connectivity index (χ4n) is 2.75. The molecule has 0 spiro atoms. The Morgan fingerprint density at radius 2 is 2.00 bits per heavy atom. The Kier molecular flexibility index (Phi) is 4.97. The van der Waals surface area contributed by atoms with Gasteiger partial charge >= 0.3 is 0 Å². The Labute approximate surface area is 143 Å². The molecule has 0 saturated carbocycles. The predicted molar refractivity (Wildman–Crippen MR) is 89.0 cm³/mol. The highest BCUT2D eigenvalue weighted by Crippen LogP contribution is 2.22. The third kappa shape index (κ3) is 3.49. The van der Waals surface area contributed by atoms with Gasteiger partial charge in [-0.1, -0.05) is 17.7 Å². The molecule has 1 amide bonds. The molecule has 7 heteroatoms. The standard InChI is InChI=1S/C17H17ClFN3O2/c18-12-2-1-3-13(19)15(12)16(23)10-8-14(21-9-10)17(24)22-11-4-6-20-7-5-11/h1-3,8-9,11,20-21H,4-7H2,(H,22,24). The van der Waals surface area contributed by atoms with Crippen molar-refractivity contribution >= 4 is 23.3 Å². The summed E-state index contributed by atoms with van der Waals surface area (Å²) in [5.74, 6) is -1.52. The van der Waals surface area contributed by atoms with Crippen LogP contribution in [0.2, 0.25) is 5.02 Å². The van der Waals surface area contributed by atoms with Crippen molar-refractivity contribution in [2.45, 2.75) is 18.9 Å². The zero-order valence-electron chi connectivity index (χ0n) is 12.9. The van der Waals surface area contributed by atoms with Crippen LogP contribution in [0, 0.1) is 5.82 Å². The number of halogens is 2. The molecule has 1 saturated heterocycles. The average molecular weight is 350 g/mol. The second kappa shape index (κ2) is 7.15. The molecule has 0 bridgehead atoms. The minimum atomic E-state index is -0.686. The lowest BCUT2D eigenvalue weighted by Crippen LogP contribution is -2.42. The van der Waals surface area contributed by atoms with E-state index in [4.69, 9.17) is 11.6 Å². The molecule has 2 aromatic rings. The van der Waals surface area contributed by atoms with Gasteiger partial charge in [0.05, 0.1) is 10.6 Å². The molecule has 1 aliphatic heterocycles. The Bertz CT molecular complexity index is 749. The zero-order chi connectivity index (χ0) is 17.1. The number of aromatic nitrogens is 1. The topological polar surface area (TPSA) is 74.0 Å². The van der Waals surface area contributed by atoms with E-state index in [1.807, 2.05) is 0 Å². The van der Waals surface area contributed by atoms with Crippen LogP contribution < -0.4 is 10.6 Å². The smallest absolute Gasteiger partial charge is 0.267 e. The van der Waals surface area contributed by atoms with E-state index in [9.17, 15) is 14.0 Å². The highest BCUT2D eigenvalue weighted by atomic mass is 35.5. The Balaban J connectivity index is 1.75. The molecule has 3 N–H and O–H groups in total. The summed E-state index contributed by atoms with van der Waals surface area (Å²) < 4.78 is 13.9. The number of H-pyrrole nitrogens is 1. The third-order valence-corrected chi connectivity index (χ3v) is 4.37. The maximum Gasteiger partial charge on any atom is 0.267 e. The van der Waals surface area contributed by atoms with Crippen LogP contribution in [0.3, 0.4) is 0 Å². The van der Waals surface area contributed by atoms with Gasteiger partial charge in [0.2, 0.25) is 0 Å². The Hall–Kier alpha value is -2.18. The van der Waals surface area contributed by atoms with Crippen molar-refractivity contribution in [3.63, 3.8) is 0 Å². The number of benzene rings is 1. The monoisotopic (exact) mass is 349 g/mol. The first kappa shape index (κ1) is 16.7. The largest absolute Gasteiger partial charge is 0.356 e. The van der Waals surface area contributed by atoms with Crippen molar-refractivity contribution in [3.05, 3.63) is 58.1 Å². The van der Waals surface area contributed by atoms with Crippen molar-refractivity contribution in [1.82, 2.24) is 15.6 Å². The number of hydrogen-bond donors (Lipinski definition) is 3. The van der Waals surface area contributed by atoms with Crippen molar-refractivity contribution in [2.24, 2.45) is 0 Å². The van der Waals surface area contributed by atoms with Gasteiger partial charge in [-0.15, -0.1) is 0 Å². The van der Waals surface area contributed by atoms with Gasteiger partial charge in [-0.25, -0.2) is 4.39 Å². The molecular formula is C17H17ClFN3O2. The number of carbonyl (C=O) groups is 2. The Morgan fingerprint density at radius 3 is 2.71 bits per heavy atom. The van der Waals surface area contributed by atoms with E-state index in [1.165, 1.54) is 30.5 Å². The molecule has 0 unspecified atom stereocenters. The number of nitrogens with one attached hydrogen (secondary N) is 3. The third-order valence-electron chi connectivity index (χ3n) is 4.05. The fraction of sp³-hybridized carbons (Fsp3) is 0.294. The summed E-state index contributed by atoms with van der Waals surface area (Å²) in [5, 5.41) is 6.20. The summed E-state index contributed by atoms with van der Waals surface area (Å²) in [6.45, 7) is 1.73. The first-order valence-corrected chi connectivity index (χ1v) is 8.13. The van der Waals surface area contributed by atoms with E-state index < -0.39 is 11.6 Å². The van der Waals surface area contributed by atoms with E-state index in [1.54, 1.807) is 0 Å². The van der Waals surface area contributed by atoms with Crippen LogP contribution in [0.25, 0.3) is 0 Å². The van der Waals surface area contributed by atoms with Gasteiger partial charge in [-0.2, -0.15) is 0 Å². The van der Waals surface area contributed by atoms with E-state index in [0.717, 1.165) is 25.9 Å². The molecule has 126 valence electrons. The van der Waals surface area contributed by atoms with Crippen molar-refractivity contribution in [1.29, 1.82) is 0 Å². The number of carbonyl (C=O) groups excluding carboxylic acids is 2. The van der Waals surface area contributed by atoms with E-state index in [0.29, 0.717) is 0 Å². The van der Waals surface area contributed by atoms with Crippen LogP contribution in [0.1, 0.15) is 39.3 Å². The summed E-state index contributed by atoms with van der Waals surface area (Å²) in [7, 11) is 0. The summed E-state index contributed by atoms with van der Waals surface area (Å²) in [4.78, 5) is 27.4. The summed E-state index contributed by atoms with van der Waals surface area (Å²) in [6.07, 6.45) is 3.12. The molecule has 0 radical (unpaired) electrons. The molecule has 24 heavy (non-hydrogen) atoms. The van der Waals surface area contributed by atoms with Crippen molar-refractivity contribution < 1.29 is 14.0 Å². The normalized spacial score (nSPS) is 15.2. The molecule has 1 fully saturated rings. The first-order chi connectivity index (χ1) is 11.6. The number of rotatable bonds is 4. The maximum absolute atomic E-state index is 13.9. The van der Waals surface area contributed by atoms with Crippen molar-refractivity contribution in [3.8, 4) is 0 Å². The van der Waals surface area contributed by atoms with Crippen LogP contribution in [-0.4, -0.2) is 35.8 Å². The van der Waals surface area contributed by atoms with Crippen LogP contribution >= 0.6 is 11.6 Å². The molecule has 2 heterocycles. The van der Waals surface area contributed by atoms with Crippen LogP contribution in [-0.2, 0) is 0 Å². The van der Waals surface area contributed by atoms with Gasteiger partial charge < -0.3 is 15.6 Å². The molecule has 0 aliphatic carbocycles. The number of aromatic amines is 1. The molecule has 0 atom stereocenters. The lowest BCUT2D eigenvalue weighted by atomic mass is 10.0. The highest BCUT2D eigenvalue weighted by molar-refractivity contribution is 6.35. The minimum Gasteiger partial charge on any atom is -0.356 e. The van der Waals surface area contributed by atoms with E-state index in [-0.39, 0.29) is 33.8 Å². The lowest BCUT2D eigenvalue weighted by molar-refractivity contribution is 0.0925. The first-order valence-electron chi connectivity index (χ1n) is 7.75. The van der Waals surface area contributed by atoms with Crippen LogP contribution in [0.5, 0.6) is 0 Å². The number of amides is 1. The predicted octanol–water partition coefficient (Wildman–Crippen LogP) is 2.52. The average Bonchev–Trinajstić information content (AvgIpc) is 3.05. The molecule has 1 aromatic carbocycles. The number of hydrogen-bond acceptors (Lipinski definition) is 3. The van der Waals surface area contributed by atoms with Crippen LogP contribution in [0.15, 0.2) is 30.5 Å². The second-order valence-corrected chi connectivity index (χ2v) is 6.13. The molecule has 1 aromatic heterocycles. The van der Waals surface area contributed by atoms with Gasteiger partial charge in [0.15, 0.2) is 5.78 Å². The van der Waals surface area contributed by atoms with Crippen molar-refractivity contribution in [2.75, 3.05) is 13.1 Å². The van der Waals surface area contributed by atoms with Gasteiger partial charge in [-0.3, -0.25) is 9.59 Å². The fourth-order valence-corrected chi connectivity index (χ4v) is 2.99. The SMILES string of the molecule is O=C(NC1CCNCC1)c1cc(C(=O)c2c(F)cccc2Cl)c[nH]1. The minimum absolute atomic E-state index is 0.0434. The Morgan fingerprint density at radius 1 is 1.25 bits per heavy atom.